The lowest BCUT2D eigenvalue weighted by atomic mass is 9.98. The van der Waals surface area contributed by atoms with Crippen LogP contribution in [0.25, 0.3) is 0 Å². The number of benzene rings is 2. The summed E-state index contributed by atoms with van der Waals surface area (Å²) in [5.74, 6) is 1.11. The Labute approximate surface area is 321 Å². The van der Waals surface area contributed by atoms with E-state index in [-0.39, 0.29) is 0 Å². The quantitative estimate of drug-likeness (QED) is 0.0707. The van der Waals surface area contributed by atoms with E-state index in [1.807, 2.05) is 11.8 Å². The van der Waals surface area contributed by atoms with Gasteiger partial charge in [-0.2, -0.15) is 0 Å². The van der Waals surface area contributed by atoms with Crippen LogP contribution in [-0.2, 0) is 25.7 Å². The average molecular weight is 723 g/mol. The fourth-order valence-corrected chi connectivity index (χ4v) is 8.64. The standard InChI is InChI=1S/C48H82O2S/c1-5-9-13-17-21-25-29-33-41-37-45(38-42(47(41)49)34-30-26-22-18-14-10-6-2)51-46-39-43(35-31-27-23-19-15-11-7-3)48(50)44(40-46)36-32-28-24-20-16-12-8-4/h37-40,49-50H,5-36H2,1-4H3. The van der Waals surface area contributed by atoms with Gasteiger partial charge < -0.3 is 10.2 Å². The van der Waals surface area contributed by atoms with Gasteiger partial charge >= 0.3 is 0 Å². The highest BCUT2D eigenvalue weighted by Gasteiger charge is 2.15. The van der Waals surface area contributed by atoms with Crippen molar-refractivity contribution in [2.24, 2.45) is 0 Å². The zero-order chi connectivity index (χ0) is 36.8. The first-order valence-electron chi connectivity index (χ1n) is 22.4. The number of hydrogen-bond donors (Lipinski definition) is 2. The van der Waals surface area contributed by atoms with Gasteiger partial charge in [0.1, 0.15) is 11.5 Å². The van der Waals surface area contributed by atoms with Crippen LogP contribution in [-0.4, -0.2) is 10.2 Å². The Balaban J connectivity index is 2.21. The molecule has 0 bridgehead atoms. The molecule has 2 rings (SSSR count). The van der Waals surface area contributed by atoms with Crippen LogP contribution in [0.3, 0.4) is 0 Å². The van der Waals surface area contributed by atoms with Crippen LogP contribution >= 0.6 is 11.8 Å². The lowest BCUT2D eigenvalue weighted by Gasteiger charge is -2.16. The van der Waals surface area contributed by atoms with Gasteiger partial charge in [0.05, 0.1) is 0 Å². The molecule has 0 aliphatic heterocycles. The molecular weight excluding hydrogens is 641 g/mol. The Morgan fingerprint density at radius 1 is 0.314 bits per heavy atom. The van der Waals surface area contributed by atoms with E-state index in [9.17, 15) is 10.2 Å². The van der Waals surface area contributed by atoms with E-state index in [2.05, 4.69) is 52.0 Å². The molecule has 2 aromatic rings. The minimum absolute atomic E-state index is 0.557. The number of rotatable bonds is 34. The van der Waals surface area contributed by atoms with Gasteiger partial charge in [-0.3, -0.25) is 0 Å². The lowest BCUT2D eigenvalue weighted by Crippen LogP contribution is -1.97. The summed E-state index contributed by atoms with van der Waals surface area (Å²) in [6, 6.07) is 9.13. The molecule has 0 saturated heterocycles. The van der Waals surface area contributed by atoms with Crippen molar-refractivity contribution < 1.29 is 10.2 Å². The molecule has 0 aliphatic carbocycles. The van der Waals surface area contributed by atoms with Crippen molar-refractivity contribution in [2.45, 2.75) is 243 Å². The highest BCUT2D eigenvalue weighted by Crippen LogP contribution is 2.39. The molecule has 0 unspecified atom stereocenters. The maximum atomic E-state index is 11.5. The van der Waals surface area contributed by atoms with E-state index in [0.29, 0.717) is 11.5 Å². The van der Waals surface area contributed by atoms with E-state index in [1.54, 1.807) is 0 Å². The first-order chi connectivity index (χ1) is 25.0. The second-order valence-electron chi connectivity index (χ2n) is 15.8. The van der Waals surface area contributed by atoms with Crippen LogP contribution < -0.4 is 0 Å². The van der Waals surface area contributed by atoms with E-state index in [0.717, 1.165) is 73.6 Å². The summed E-state index contributed by atoms with van der Waals surface area (Å²) in [7, 11) is 0. The van der Waals surface area contributed by atoms with Gasteiger partial charge in [0, 0.05) is 9.79 Å². The second kappa shape index (κ2) is 30.8. The van der Waals surface area contributed by atoms with Crippen LogP contribution in [0.1, 0.15) is 230 Å². The molecule has 0 heterocycles. The van der Waals surface area contributed by atoms with Crippen molar-refractivity contribution >= 4 is 11.8 Å². The maximum Gasteiger partial charge on any atom is 0.122 e. The fraction of sp³-hybridized carbons (Fsp3) is 0.750. The Morgan fingerprint density at radius 3 is 0.725 bits per heavy atom. The third-order valence-electron chi connectivity index (χ3n) is 10.9. The highest BCUT2D eigenvalue weighted by atomic mass is 32.2. The van der Waals surface area contributed by atoms with Gasteiger partial charge in [0.25, 0.3) is 0 Å². The number of aryl methyl sites for hydroxylation is 4. The van der Waals surface area contributed by atoms with Gasteiger partial charge in [-0.05, 0) is 97.9 Å². The summed E-state index contributed by atoms with van der Waals surface area (Å²) in [4.78, 5) is 2.50. The molecule has 0 spiro atoms. The molecule has 51 heavy (non-hydrogen) atoms. The summed E-state index contributed by atoms with van der Waals surface area (Å²) in [5.41, 5.74) is 4.54. The van der Waals surface area contributed by atoms with Crippen LogP contribution in [0.5, 0.6) is 11.5 Å². The zero-order valence-corrected chi connectivity index (χ0v) is 35.1. The normalized spacial score (nSPS) is 11.5. The SMILES string of the molecule is CCCCCCCCCc1cc(Sc2cc(CCCCCCCCC)c(O)c(CCCCCCCCC)c2)cc(CCCCCCCCC)c1O. The molecule has 0 fully saturated rings. The van der Waals surface area contributed by atoms with Gasteiger partial charge in [-0.1, -0.05) is 194 Å². The van der Waals surface area contributed by atoms with Crippen molar-refractivity contribution in [3.05, 3.63) is 46.5 Å². The predicted octanol–water partition coefficient (Wildman–Crippen LogP) is 16.4. The number of phenolic OH excluding ortho intramolecular Hbond substituents is 2. The molecule has 3 heteroatoms. The summed E-state index contributed by atoms with van der Waals surface area (Å²) < 4.78 is 0. The van der Waals surface area contributed by atoms with E-state index in [4.69, 9.17) is 0 Å². The number of phenols is 2. The topological polar surface area (TPSA) is 40.5 Å². The van der Waals surface area contributed by atoms with Crippen LogP contribution in [0.15, 0.2) is 34.1 Å². The lowest BCUT2D eigenvalue weighted by molar-refractivity contribution is 0.455. The largest absolute Gasteiger partial charge is 0.507 e. The van der Waals surface area contributed by atoms with Gasteiger partial charge in [0.15, 0.2) is 0 Å². The summed E-state index contributed by atoms with van der Waals surface area (Å²) in [6.07, 6.45) is 39.9. The third-order valence-corrected chi connectivity index (χ3v) is 11.9. The Kier molecular flexibility index (Phi) is 27.5. The monoisotopic (exact) mass is 723 g/mol. The van der Waals surface area contributed by atoms with E-state index in [1.165, 1.54) is 164 Å². The molecule has 292 valence electrons. The molecule has 2 N–H and O–H groups in total. The highest BCUT2D eigenvalue weighted by molar-refractivity contribution is 7.99. The van der Waals surface area contributed by atoms with Crippen molar-refractivity contribution in [2.75, 3.05) is 0 Å². The third kappa shape index (κ3) is 21.0. The Hall–Kier alpha value is -1.61. The Morgan fingerprint density at radius 2 is 0.510 bits per heavy atom. The molecule has 0 aliphatic rings. The Bertz CT molecular complexity index is 959. The average Bonchev–Trinajstić information content (AvgIpc) is 3.13. The van der Waals surface area contributed by atoms with Crippen molar-refractivity contribution in [3.8, 4) is 11.5 Å². The van der Waals surface area contributed by atoms with Gasteiger partial charge in [0.2, 0.25) is 0 Å². The first-order valence-corrected chi connectivity index (χ1v) is 23.2. The molecule has 2 nitrogen and oxygen atoms in total. The number of aromatic hydroxyl groups is 2. The minimum atomic E-state index is 0.557. The number of hydrogen-bond acceptors (Lipinski definition) is 3. The molecule has 0 saturated carbocycles. The van der Waals surface area contributed by atoms with E-state index >= 15 is 0 Å². The van der Waals surface area contributed by atoms with Gasteiger partial charge in [-0.15, -0.1) is 0 Å². The van der Waals surface area contributed by atoms with Crippen LogP contribution in [0.2, 0.25) is 0 Å². The predicted molar refractivity (Wildman–Crippen MR) is 227 cm³/mol. The van der Waals surface area contributed by atoms with Crippen LogP contribution in [0, 0.1) is 0 Å². The molecular formula is C48H82O2S. The summed E-state index contributed by atoms with van der Waals surface area (Å²) >= 11 is 1.85. The van der Waals surface area contributed by atoms with Crippen LogP contribution in [0.4, 0.5) is 0 Å². The molecule has 0 amide bonds. The van der Waals surface area contributed by atoms with Crippen molar-refractivity contribution in [1.29, 1.82) is 0 Å². The molecule has 0 atom stereocenters. The minimum Gasteiger partial charge on any atom is -0.507 e. The van der Waals surface area contributed by atoms with Crippen molar-refractivity contribution in [1.82, 2.24) is 0 Å². The second-order valence-corrected chi connectivity index (χ2v) is 16.9. The van der Waals surface area contributed by atoms with Crippen molar-refractivity contribution in [3.63, 3.8) is 0 Å². The van der Waals surface area contributed by atoms with E-state index < -0.39 is 0 Å². The first kappa shape index (κ1) is 45.5. The summed E-state index contributed by atoms with van der Waals surface area (Å²) in [6.45, 7) is 9.13. The fourth-order valence-electron chi connectivity index (χ4n) is 7.56. The zero-order valence-electron chi connectivity index (χ0n) is 34.2. The smallest absolute Gasteiger partial charge is 0.122 e. The molecule has 2 aromatic carbocycles. The summed E-state index contributed by atoms with van der Waals surface area (Å²) in [5, 5.41) is 23.0. The number of unbranched alkanes of at least 4 members (excludes halogenated alkanes) is 24. The maximum absolute atomic E-state index is 11.5. The molecule has 0 aromatic heterocycles. The molecule has 0 radical (unpaired) electrons. The van der Waals surface area contributed by atoms with Gasteiger partial charge in [-0.25, -0.2) is 0 Å².